The second kappa shape index (κ2) is 7.03. The zero-order valence-electron chi connectivity index (χ0n) is 14.4. The Labute approximate surface area is 166 Å². The maximum atomic E-state index is 14.0. The fraction of sp³-hybridized carbons (Fsp3) is 0.158. The minimum absolute atomic E-state index is 0.0655. The third-order valence-corrected chi connectivity index (χ3v) is 5.72. The van der Waals surface area contributed by atoms with Crippen molar-refractivity contribution < 1.29 is 18.6 Å². The van der Waals surface area contributed by atoms with E-state index in [4.69, 9.17) is 16.3 Å². The molecule has 5 nitrogen and oxygen atoms in total. The Bertz CT molecular complexity index is 1250. The van der Waals surface area contributed by atoms with Crippen molar-refractivity contribution in [2.75, 3.05) is 7.11 Å². The zero-order valence-corrected chi connectivity index (χ0v) is 16.0. The molecule has 0 radical (unpaired) electrons. The van der Waals surface area contributed by atoms with Crippen LogP contribution in [0.2, 0.25) is 5.02 Å². The molecule has 2 aromatic carbocycles. The van der Waals surface area contributed by atoms with Gasteiger partial charge < -0.3 is 9.84 Å². The lowest BCUT2D eigenvalue weighted by atomic mass is 10.1. The first kappa shape index (κ1) is 18.6. The molecule has 1 aliphatic heterocycles. The van der Waals surface area contributed by atoms with E-state index >= 15 is 0 Å². The molecule has 0 saturated heterocycles. The number of methoxy groups -OCH3 is 1. The number of thiazole rings is 1. The van der Waals surface area contributed by atoms with Gasteiger partial charge in [0.2, 0.25) is 0 Å². The van der Waals surface area contributed by atoms with Crippen LogP contribution in [-0.2, 0) is 6.54 Å². The van der Waals surface area contributed by atoms with Gasteiger partial charge in [0, 0.05) is 5.56 Å². The first-order valence-corrected chi connectivity index (χ1v) is 9.38. The average molecular weight is 423 g/mol. The number of aromatic nitrogens is 1. The molecule has 0 aliphatic carbocycles. The summed E-state index contributed by atoms with van der Waals surface area (Å²) in [5.41, 5.74) is 0.110. The highest BCUT2D eigenvalue weighted by Gasteiger charge is 2.26. The third-order valence-electron chi connectivity index (χ3n) is 4.41. The van der Waals surface area contributed by atoms with E-state index in [1.54, 1.807) is 12.1 Å². The van der Waals surface area contributed by atoms with Gasteiger partial charge in [-0.3, -0.25) is 9.36 Å². The number of hydrogen-bond acceptors (Lipinski definition) is 5. The number of benzene rings is 2. The topological polar surface area (TPSA) is 63.8 Å². The molecule has 1 aliphatic rings. The molecule has 3 aromatic rings. The standard InChI is InChI=1S/C19H13ClF2N2O3S/c1-27-14-6-9(5-10(20)17(14)25)7-15-18(26)24-8-13(23-19(24)28-15)16-11(21)3-2-4-12(16)22/h2-7,13,25H,8H2,1H3/b15-7-. The number of nitrogens with zero attached hydrogens (tertiary/aromatic N) is 2. The van der Waals surface area contributed by atoms with E-state index < -0.39 is 17.7 Å². The molecule has 0 spiro atoms. The molecule has 4 rings (SSSR count). The van der Waals surface area contributed by atoms with E-state index in [0.29, 0.717) is 14.9 Å². The number of phenolic OH excluding ortho intramolecular Hbond substituents is 1. The molecule has 1 aromatic heterocycles. The minimum atomic E-state index is -0.780. The summed E-state index contributed by atoms with van der Waals surface area (Å²) in [6.07, 6.45) is 1.60. The van der Waals surface area contributed by atoms with Crippen LogP contribution in [0, 0.1) is 11.6 Å². The molecule has 0 saturated carbocycles. The van der Waals surface area contributed by atoms with Gasteiger partial charge in [0.25, 0.3) is 5.56 Å². The van der Waals surface area contributed by atoms with Gasteiger partial charge in [-0.15, -0.1) is 0 Å². The number of rotatable bonds is 3. The first-order valence-electron chi connectivity index (χ1n) is 8.18. The predicted octanol–water partition coefficient (Wildman–Crippen LogP) is 2.76. The van der Waals surface area contributed by atoms with Gasteiger partial charge in [0.15, 0.2) is 16.3 Å². The number of hydrogen-bond donors (Lipinski definition) is 1. The normalized spacial score (nSPS) is 16.1. The van der Waals surface area contributed by atoms with Gasteiger partial charge in [-0.1, -0.05) is 29.0 Å². The first-order chi connectivity index (χ1) is 13.4. The Morgan fingerprint density at radius 1 is 1.36 bits per heavy atom. The van der Waals surface area contributed by atoms with Crippen LogP contribution in [0.25, 0.3) is 6.08 Å². The maximum Gasteiger partial charge on any atom is 0.270 e. The fourth-order valence-corrected chi connectivity index (χ4v) is 4.34. The number of fused-ring (bicyclic) bond motifs is 1. The van der Waals surface area contributed by atoms with Crippen molar-refractivity contribution in [3.63, 3.8) is 0 Å². The molecule has 1 N–H and O–H groups in total. The van der Waals surface area contributed by atoms with Gasteiger partial charge in [0.05, 0.1) is 23.2 Å². The average Bonchev–Trinajstić information content (AvgIpc) is 3.17. The number of phenols is 1. The number of ether oxygens (including phenoxy) is 1. The Hall–Kier alpha value is -2.71. The highest BCUT2D eigenvalue weighted by atomic mass is 35.5. The van der Waals surface area contributed by atoms with Crippen molar-refractivity contribution in [2.24, 2.45) is 4.99 Å². The Kier molecular flexibility index (Phi) is 4.68. The summed E-state index contributed by atoms with van der Waals surface area (Å²) in [7, 11) is 1.39. The van der Waals surface area contributed by atoms with Gasteiger partial charge in [0.1, 0.15) is 17.7 Å². The Balaban J connectivity index is 1.79. The highest BCUT2D eigenvalue weighted by molar-refractivity contribution is 7.07. The number of aromatic hydroxyl groups is 1. The van der Waals surface area contributed by atoms with E-state index in [9.17, 15) is 18.7 Å². The maximum absolute atomic E-state index is 14.0. The van der Waals surface area contributed by atoms with Gasteiger partial charge in [-0.05, 0) is 35.9 Å². The van der Waals surface area contributed by atoms with Crippen molar-refractivity contribution in [1.29, 1.82) is 0 Å². The van der Waals surface area contributed by atoms with E-state index in [0.717, 1.165) is 11.3 Å². The van der Waals surface area contributed by atoms with Crippen molar-refractivity contribution in [2.45, 2.75) is 12.6 Å². The summed E-state index contributed by atoms with van der Waals surface area (Å²) < 4.78 is 34.8. The van der Waals surface area contributed by atoms with Crippen molar-refractivity contribution in [3.8, 4) is 11.5 Å². The summed E-state index contributed by atoms with van der Waals surface area (Å²) in [5.74, 6) is -1.37. The molecule has 28 heavy (non-hydrogen) atoms. The summed E-state index contributed by atoms with van der Waals surface area (Å²) in [4.78, 5) is 17.4. The lowest BCUT2D eigenvalue weighted by Gasteiger charge is -2.09. The van der Waals surface area contributed by atoms with Gasteiger partial charge >= 0.3 is 0 Å². The second-order valence-electron chi connectivity index (χ2n) is 6.14. The zero-order chi connectivity index (χ0) is 20.0. The van der Waals surface area contributed by atoms with Crippen LogP contribution in [-0.4, -0.2) is 16.8 Å². The summed E-state index contributed by atoms with van der Waals surface area (Å²) in [6.45, 7) is 0.0655. The van der Waals surface area contributed by atoms with Crippen LogP contribution in [0.5, 0.6) is 11.5 Å². The molecule has 144 valence electrons. The smallest absolute Gasteiger partial charge is 0.270 e. The predicted molar refractivity (Wildman–Crippen MR) is 102 cm³/mol. The van der Waals surface area contributed by atoms with E-state index in [2.05, 4.69) is 4.99 Å². The van der Waals surface area contributed by atoms with Crippen LogP contribution in [0.1, 0.15) is 17.2 Å². The van der Waals surface area contributed by atoms with Crippen LogP contribution in [0.3, 0.4) is 0 Å². The molecular formula is C19H13ClF2N2O3S. The van der Waals surface area contributed by atoms with Gasteiger partial charge in [-0.2, -0.15) is 0 Å². The largest absolute Gasteiger partial charge is 0.503 e. The summed E-state index contributed by atoms with van der Waals surface area (Å²) in [6, 6.07) is 5.90. The molecule has 1 atom stereocenters. The quantitative estimate of drug-likeness (QED) is 0.706. The molecule has 0 fully saturated rings. The fourth-order valence-electron chi connectivity index (χ4n) is 3.08. The molecule has 0 amide bonds. The monoisotopic (exact) mass is 422 g/mol. The highest BCUT2D eigenvalue weighted by Crippen LogP contribution is 2.35. The van der Waals surface area contributed by atoms with E-state index in [1.165, 1.54) is 35.9 Å². The van der Waals surface area contributed by atoms with Crippen molar-refractivity contribution in [1.82, 2.24) is 4.57 Å². The van der Waals surface area contributed by atoms with Crippen LogP contribution >= 0.6 is 22.9 Å². The summed E-state index contributed by atoms with van der Waals surface area (Å²) in [5, 5.41) is 9.90. The Morgan fingerprint density at radius 2 is 2.07 bits per heavy atom. The Morgan fingerprint density at radius 3 is 2.71 bits per heavy atom. The summed E-state index contributed by atoms with van der Waals surface area (Å²) >= 11 is 7.09. The van der Waals surface area contributed by atoms with Crippen LogP contribution < -0.4 is 19.6 Å². The lowest BCUT2D eigenvalue weighted by molar-refractivity contribution is 0.373. The lowest BCUT2D eigenvalue weighted by Crippen LogP contribution is -2.29. The van der Waals surface area contributed by atoms with E-state index in [-0.39, 0.29) is 34.2 Å². The minimum Gasteiger partial charge on any atom is -0.503 e. The van der Waals surface area contributed by atoms with Crippen LogP contribution in [0.15, 0.2) is 40.1 Å². The molecule has 0 bridgehead atoms. The molecule has 2 heterocycles. The van der Waals surface area contributed by atoms with Crippen molar-refractivity contribution in [3.05, 3.63) is 77.8 Å². The van der Waals surface area contributed by atoms with E-state index in [1.807, 2.05) is 0 Å². The van der Waals surface area contributed by atoms with Gasteiger partial charge in [-0.25, -0.2) is 13.8 Å². The molecule has 1 unspecified atom stereocenters. The molecule has 9 heteroatoms. The van der Waals surface area contributed by atoms with Crippen molar-refractivity contribution >= 4 is 29.0 Å². The SMILES string of the molecule is COc1cc(/C=c2\sc3n(c2=O)CC(c2c(F)cccc2F)N=3)cc(Cl)c1O. The van der Waals surface area contributed by atoms with Crippen LogP contribution in [0.4, 0.5) is 8.78 Å². The molecular weight excluding hydrogens is 410 g/mol. The number of halogens is 3. The second-order valence-corrected chi connectivity index (χ2v) is 7.56. The third kappa shape index (κ3) is 3.08.